The van der Waals surface area contributed by atoms with Crippen LogP contribution >= 0.6 is 11.3 Å². The number of aryl methyl sites for hydroxylation is 2. The van der Waals surface area contributed by atoms with E-state index >= 15 is 0 Å². The number of hydrogen-bond acceptors (Lipinski definition) is 5. The summed E-state index contributed by atoms with van der Waals surface area (Å²) in [6, 6.07) is 5.76. The first-order valence-electron chi connectivity index (χ1n) is 10.2. The molecule has 154 valence electrons. The van der Waals surface area contributed by atoms with Crippen molar-refractivity contribution in [2.24, 2.45) is 5.92 Å². The van der Waals surface area contributed by atoms with Gasteiger partial charge in [-0.25, -0.2) is 18.9 Å². The van der Waals surface area contributed by atoms with Gasteiger partial charge in [0.1, 0.15) is 17.7 Å². The maximum atomic E-state index is 12.9. The highest BCUT2D eigenvalue weighted by Crippen LogP contribution is 2.38. The van der Waals surface area contributed by atoms with Crippen molar-refractivity contribution in [2.45, 2.75) is 46.6 Å². The molecule has 7 nitrogen and oxygen atoms in total. The molecule has 1 N–H and O–H groups in total. The van der Waals surface area contributed by atoms with Gasteiger partial charge in [-0.2, -0.15) is 0 Å². The molecule has 0 saturated carbocycles. The fourth-order valence-electron chi connectivity index (χ4n) is 4.18. The van der Waals surface area contributed by atoms with E-state index in [0.717, 1.165) is 46.3 Å². The molecule has 0 spiro atoms. The van der Waals surface area contributed by atoms with Gasteiger partial charge in [-0.15, -0.1) is 16.4 Å². The summed E-state index contributed by atoms with van der Waals surface area (Å²) in [5, 5.41) is 8.40. The Labute approximate surface area is 177 Å². The molecule has 8 heteroatoms. The number of aromatic nitrogens is 4. The molecule has 3 aromatic heterocycles. The summed E-state index contributed by atoms with van der Waals surface area (Å²) in [6.45, 7) is 6.09. The Morgan fingerprint density at radius 2 is 2.17 bits per heavy atom. The van der Waals surface area contributed by atoms with Gasteiger partial charge in [0.05, 0.1) is 5.39 Å². The van der Waals surface area contributed by atoms with Gasteiger partial charge in [0, 0.05) is 10.6 Å². The minimum Gasteiger partial charge on any atom is -0.324 e. The standard InChI is InChI=1S/C22H23N5O2S/c1-12-7-8-15-17(9-12)30-21-19(15)20-25-27(22(29)26(20)11-23-21)10-18(28)24-16-6-4-5-13(2)14(16)3/h4-6,11-12H,7-10H2,1-3H3,(H,24,28). The van der Waals surface area contributed by atoms with Crippen LogP contribution in [0.1, 0.15) is 34.9 Å². The molecule has 4 aromatic rings. The molecule has 0 saturated heterocycles. The fourth-order valence-corrected chi connectivity index (χ4v) is 5.52. The third kappa shape index (κ3) is 3.02. The molecule has 3 heterocycles. The van der Waals surface area contributed by atoms with Crippen molar-refractivity contribution in [2.75, 3.05) is 5.32 Å². The third-order valence-corrected chi connectivity index (χ3v) is 7.21. The Morgan fingerprint density at radius 3 is 3.00 bits per heavy atom. The monoisotopic (exact) mass is 421 g/mol. The van der Waals surface area contributed by atoms with Crippen LogP contribution in [0.2, 0.25) is 0 Å². The van der Waals surface area contributed by atoms with E-state index in [9.17, 15) is 9.59 Å². The number of rotatable bonds is 3. The number of nitrogens with one attached hydrogen (secondary N) is 1. The Kier molecular flexibility index (Phi) is 4.47. The van der Waals surface area contributed by atoms with E-state index in [1.165, 1.54) is 25.9 Å². The average molecular weight is 422 g/mol. The van der Waals surface area contributed by atoms with Crippen LogP contribution in [-0.2, 0) is 24.2 Å². The summed E-state index contributed by atoms with van der Waals surface area (Å²) >= 11 is 1.70. The normalized spacial score (nSPS) is 16.2. The number of carbonyl (C=O) groups is 1. The molecule has 1 aromatic carbocycles. The van der Waals surface area contributed by atoms with Crippen LogP contribution in [0.15, 0.2) is 29.3 Å². The zero-order valence-corrected chi connectivity index (χ0v) is 18.0. The minimum atomic E-state index is -0.348. The number of nitrogens with zero attached hydrogens (tertiary/aromatic N) is 4. The average Bonchev–Trinajstić information content (AvgIpc) is 3.22. The molecule has 1 atom stereocenters. The lowest BCUT2D eigenvalue weighted by molar-refractivity contribution is -0.117. The molecule has 0 radical (unpaired) electrons. The van der Waals surface area contributed by atoms with E-state index in [1.807, 2.05) is 32.0 Å². The highest BCUT2D eigenvalue weighted by molar-refractivity contribution is 7.19. The minimum absolute atomic E-state index is 0.140. The van der Waals surface area contributed by atoms with Crippen molar-refractivity contribution in [1.82, 2.24) is 19.2 Å². The summed E-state index contributed by atoms with van der Waals surface area (Å²) in [6.07, 6.45) is 4.68. The van der Waals surface area contributed by atoms with Crippen molar-refractivity contribution in [3.8, 4) is 0 Å². The first-order valence-corrected chi connectivity index (χ1v) is 11.0. The Bertz CT molecular complexity index is 1360. The molecule has 0 fully saturated rings. The van der Waals surface area contributed by atoms with Gasteiger partial charge in [0.2, 0.25) is 5.91 Å². The zero-order chi connectivity index (χ0) is 21.0. The van der Waals surface area contributed by atoms with E-state index in [0.29, 0.717) is 11.6 Å². The van der Waals surface area contributed by atoms with Gasteiger partial charge in [-0.1, -0.05) is 19.1 Å². The zero-order valence-electron chi connectivity index (χ0n) is 17.2. The predicted molar refractivity (Wildman–Crippen MR) is 118 cm³/mol. The van der Waals surface area contributed by atoms with Crippen LogP contribution in [0.25, 0.3) is 15.9 Å². The van der Waals surface area contributed by atoms with Gasteiger partial charge in [0.15, 0.2) is 5.65 Å². The lowest BCUT2D eigenvalue weighted by atomic mass is 9.89. The third-order valence-electron chi connectivity index (χ3n) is 6.05. The molecule has 1 unspecified atom stereocenters. The fraction of sp³-hybridized carbons (Fsp3) is 0.364. The second-order valence-electron chi connectivity index (χ2n) is 8.21. The van der Waals surface area contributed by atoms with Crippen LogP contribution < -0.4 is 11.0 Å². The van der Waals surface area contributed by atoms with Gasteiger partial charge >= 0.3 is 5.69 Å². The number of benzene rings is 1. The SMILES string of the molecule is Cc1cccc(NC(=O)Cn2nc3c4c5c(sc4ncn3c2=O)CC(C)CC5)c1C. The molecule has 1 amide bonds. The molecule has 1 aliphatic rings. The van der Waals surface area contributed by atoms with Crippen LogP contribution in [0.3, 0.4) is 0 Å². The predicted octanol–water partition coefficient (Wildman–Crippen LogP) is 3.49. The highest BCUT2D eigenvalue weighted by Gasteiger charge is 2.24. The molecule has 1 aliphatic carbocycles. The van der Waals surface area contributed by atoms with Gasteiger partial charge in [0.25, 0.3) is 0 Å². The number of thiophene rings is 1. The Hall–Kier alpha value is -3.00. The maximum Gasteiger partial charge on any atom is 0.352 e. The van der Waals surface area contributed by atoms with Crippen molar-refractivity contribution in [3.63, 3.8) is 0 Å². The van der Waals surface area contributed by atoms with Crippen LogP contribution in [0.4, 0.5) is 5.69 Å². The van der Waals surface area contributed by atoms with E-state index in [4.69, 9.17) is 0 Å². The van der Waals surface area contributed by atoms with Gasteiger partial charge in [-0.3, -0.25) is 4.79 Å². The maximum absolute atomic E-state index is 12.9. The molecule has 0 bridgehead atoms. The van der Waals surface area contributed by atoms with Crippen LogP contribution in [0.5, 0.6) is 0 Å². The van der Waals surface area contributed by atoms with E-state index in [2.05, 4.69) is 22.3 Å². The quantitative estimate of drug-likeness (QED) is 0.549. The first kappa shape index (κ1) is 19.0. The molecular weight excluding hydrogens is 398 g/mol. The molecule has 0 aliphatic heterocycles. The van der Waals surface area contributed by atoms with Crippen LogP contribution in [0, 0.1) is 19.8 Å². The smallest absolute Gasteiger partial charge is 0.324 e. The molecular formula is C22H23N5O2S. The van der Waals surface area contributed by atoms with E-state index < -0.39 is 0 Å². The van der Waals surface area contributed by atoms with Gasteiger partial charge < -0.3 is 5.32 Å². The Balaban J connectivity index is 1.52. The van der Waals surface area contributed by atoms with Crippen molar-refractivity contribution >= 4 is 38.8 Å². The largest absolute Gasteiger partial charge is 0.352 e. The lowest BCUT2D eigenvalue weighted by Crippen LogP contribution is -2.28. The van der Waals surface area contributed by atoms with E-state index in [1.54, 1.807) is 11.3 Å². The summed E-state index contributed by atoms with van der Waals surface area (Å²) in [5.41, 5.74) is 4.38. The van der Waals surface area contributed by atoms with Crippen molar-refractivity contribution in [3.05, 3.63) is 56.6 Å². The highest BCUT2D eigenvalue weighted by atomic mass is 32.1. The summed E-state index contributed by atoms with van der Waals surface area (Å²) in [5.74, 6) is 0.384. The van der Waals surface area contributed by atoms with E-state index in [-0.39, 0.29) is 18.1 Å². The number of hydrogen-bond donors (Lipinski definition) is 1. The summed E-state index contributed by atoms with van der Waals surface area (Å²) in [4.78, 5) is 32.3. The Morgan fingerprint density at radius 1 is 1.33 bits per heavy atom. The number of carbonyl (C=O) groups excluding carboxylic acids is 1. The summed E-state index contributed by atoms with van der Waals surface area (Å²) in [7, 11) is 0. The number of fused-ring (bicyclic) bond motifs is 5. The lowest BCUT2D eigenvalue weighted by Gasteiger charge is -2.17. The van der Waals surface area contributed by atoms with Crippen molar-refractivity contribution < 1.29 is 4.79 Å². The second kappa shape index (κ2) is 7.05. The summed E-state index contributed by atoms with van der Waals surface area (Å²) < 4.78 is 2.69. The molecule has 30 heavy (non-hydrogen) atoms. The number of amides is 1. The van der Waals surface area contributed by atoms with Gasteiger partial charge in [-0.05, 0) is 61.8 Å². The van der Waals surface area contributed by atoms with Crippen LogP contribution in [-0.4, -0.2) is 25.1 Å². The molecule has 5 rings (SSSR count). The number of anilines is 1. The topological polar surface area (TPSA) is 81.3 Å². The first-order chi connectivity index (χ1) is 14.4. The van der Waals surface area contributed by atoms with Crippen molar-refractivity contribution in [1.29, 1.82) is 0 Å². The second-order valence-corrected chi connectivity index (χ2v) is 9.29.